The third kappa shape index (κ3) is 6.46. The van der Waals surface area contributed by atoms with Crippen molar-refractivity contribution < 1.29 is 13.7 Å². The standard InChI is InChI=1S/C22H30N2O3S/c1-21(2,3)27-20(25)23-18-15-11-10-14-17(18)19(16-12-8-7-9-13-16)24-28(26)22(4,5)6/h7-15,19,24H,1-6H3,(H,23,25). The highest BCUT2D eigenvalue weighted by atomic mass is 32.2. The van der Waals surface area contributed by atoms with Gasteiger partial charge in [0.1, 0.15) is 5.60 Å². The number of hydrogen-bond donors (Lipinski definition) is 2. The first-order valence-corrected chi connectivity index (χ1v) is 10.4. The first-order chi connectivity index (χ1) is 13.0. The van der Waals surface area contributed by atoms with Gasteiger partial charge in [-0.2, -0.15) is 0 Å². The molecule has 0 heterocycles. The molecule has 0 aliphatic heterocycles. The third-order valence-electron chi connectivity index (χ3n) is 3.82. The molecule has 0 spiro atoms. The Hall–Kier alpha value is -2.18. The Kier molecular flexibility index (Phi) is 7.01. The van der Waals surface area contributed by atoms with Crippen molar-refractivity contribution in [3.8, 4) is 0 Å². The fourth-order valence-electron chi connectivity index (χ4n) is 2.52. The van der Waals surface area contributed by atoms with Crippen LogP contribution in [0.5, 0.6) is 0 Å². The number of para-hydroxylation sites is 1. The average Bonchev–Trinajstić information content (AvgIpc) is 2.58. The van der Waals surface area contributed by atoms with Crippen molar-refractivity contribution in [2.75, 3.05) is 5.32 Å². The predicted octanol–water partition coefficient (Wildman–Crippen LogP) is 5.17. The largest absolute Gasteiger partial charge is 0.444 e. The lowest BCUT2D eigenvalue weighted by atomic mass is 9.98. The van der Waals surface area contributed by atoms with Gasteiger partial charge >= 0.3 is 6.09 Å². The Balaban J connectivity index is 2.41. The molecule has 0 bridgehead atoms. The molecule has 2 atom stereocenters. The maximum Gasteiger partial charge on any atom is 0.412 e. The van der Waals surface area contributed by atoms with E-state index in [4.69, 9.17) is 4.74 Å². The zero-order valence-electron chi connectivity index (χ0n) is 17.4. The molecule has 0 aliphatic carbocycles. The van der Waals surface area contributed by atoms with Crippen molar-refractivity contribution in [1.82, 2.24) is 4.72 Å². The van der Waals surface area contributed by atoms with E-state index in [1.54, 1.807) is 0 Å². The van der Waals surface area contributed by atoms with Crippen molar-refractivity contribution in [3.63, 3.8) is 0 Å². The van der Waals surface area contributed by atoms with Gasteiger partial charge in [0.05, 0.1) is 21.8 Å². The Morgan fingerprint density at radius 2 is 1.50 bits per heavy atom. The molecule has 0 saturated carbocycles. The van der Waals surface area contributed by atoms with Crippen molar-refractivity contribution >= 4 is 22.8 Å². The van der Waals surface area contributed by atoms with Crippen LogP contribution in [0.4, 0.5) is 10.5 Å². The molecule has 1 amide bonds. The van der Waals surface area contributed by atoms with Crippen LogP contribution >= 0.6 is 0 Å². The van der Waals surface area contributed by atoms with Gasteiger partial charge in [0.25, 0.3) is 0 Å². The summed E-state index contributed by atoms with van der Waals surface area (Å²) in [5.74, 6) is 0. The maximum absolute atomic E-state index is 12.8. The quantitative estimate of drug-likeness (QED) is 0.724. The van der Waals surface area contributed by atoms with E-state index in [1.165, 1.54) is 0 Å². The van der Waals surface area contributed by atoms with Gasteiger partial charge in [-0.3, -0.25) is 5.32 Å². The maximum atomic E-state index is 12.8. The minimum absolute atomic E-state index is 0.354. The zero-order chi connectivity index (χ0) is 20.9. The normalized spacial score (nSPS) is 14.2. The molecule has 28 heavy (non-hydrogen) atoms. The topological polar surface area (TPSA) is 67.4 Å². The molecule has 2 rings (SSSR count). The Labute approximate surface area is 170 Å². The van der Waals surface area contributed by atoms with E-state index >= 15 is 0 Å². The highest BCUT2D eigenvalue weighted by Gasteiger charge is 2.26. The van der Waals surface area contributed by atoms with Crippen LogP contribution in [0.15, 0.2) is 54.6 Å². The van der Waals surface area contributed by atoms with Crippen LogP contribution in [0.2, 0.25) is 0 Å². The van der Waals surface area contributed by atoms with Gasteiger partial charge in [-0.15, -0.1) is 0 Å². The molecule has 152 valence electrons. The van der Waals surface area contributed by atoms with E-state index in [2.05, 4.69) is 10.0 Å². The molecule has 0 saturated heterocycles. The van der Waals surface area contributed by atoms with Crippen molar-refractivity contribution in [2.24, 2.45) is 0 Å². The predicted molar refractivity (Wildman–Crippen MR) is 116 cm³/mol. The van der Waals surface area contributed by atoms with Gasteiger partial charge in [-0.1, -0.05) is 48.5 Å². The van der Waals surface area contributed by atoms with E-state index in [1.807, 2.05) is 96.1 Å². The Morgan fingerprint density at radius 3 is 2.07 bits per heavy atom. The minimum Gasteiger partial charge on any atom is -0.444 e. The summed E-state index contributed by atoms with van der Waals surface area (Å²) in [5, 5.41) is 2.83. The van der Waals surface area contributed by atoms with E-state index in [-0.39, 0.29) is 6.04 Å². The molecule has 0 aliphatic rings. The first-order valence-electron chi connectivity index (χ1n) is 9.29. The van der Waals surface area contributed by atoms with Crippen LogP contribution in [0.1, 0.15) is 58.7 Å². The van der Waals surface area contributed by atoms with Crippen LogP contribution < -0.4 is 10.0 Å². The summed E-state index contributed by atoms with van der Waals surface area (Å²) in [6, 6.07) is 16.9. The molecule has 2 unspecified atom stereocenters. The highest BCUT2D eigenvalue weighted by Crippen LogP contribution is 2.30. The number of benzene rings is 2. The van der Waals surface area contributed by atoms with Crippen molar-refractivity contribution in [2.45, 2.75) is 57.9 Å². The number of hydrogen-bond acceptors (Lipinski definition) is 3. The van der Waals surface area contributed by atoms with Crippen molar-refractivity contribution in [3.05, 3.63) is 65.7 Å². The number of nitrogens with one attached hydrogen (secondary N) is 2. The number of ether oxygens (including phenoxy) is 1. The Morgan fingerprint density at radius 1 is 0.929 bits per heavy atom. The fourth-order valence-corrected chi connectivity index (χ4v) is 3.35. The monoisotopic (exact) mass is 402 g/mol. The molecule has 2 aromatic rings. The summed E-state index contributed by atoms with van der Waals surface area (Å²) in [4.78, 5) is 12.3. The van der Waals surface area contributed by atoms with E-state index < -0.39 is 27.4 Å². The summed E-state index contributed by atoms with van der Waals surface area (Å²) in [5.41, 5.74) is 1.80. The molecule has 0 radical (unpaired) electrons. The molecule has 5 nitrogen and oxygen atoms in total. The van der Waals surface area contributed by atoms with E-state index in [0.29, 0.717) is 5.69 Å². The summed E-state index contributed by atoms with van der Waals surface area (Å²) >= 11 is 0. The SMILES string of the molecule is CC(C)(C)OC(=O)Nc1ccccc1C(NS(=O)C(C)(C)C)c1ccccc1. The van der Waals surface area contributed by atoms with Crippen LogP contribution in [-0.2, 0) is 15.7 Å². The van der Waals surface area contributed by atoms with Crippen LogP contribution in [0.25, 0.3) is 0 Å². The summed E-state index contributed by atoms with van der Waals surface area (Å²) < 4.78 is 21.0. The number of rotatable bonds is 5. The second-order valence-corrected chi connectivity index (χ2v) is 10.6. The van der Waals surface area contributed by atoms with Gasteiger partial charge in [0.15, 0.2) is 0 Å². The molecular weight excluding hydrogens is 372 g/mol. The molecule has 0 fully saturated rings. The van der Waals surface area contributed by atoms with Crippen LogP contribution in [0, 0.1) is 0 Å². The fraction of sp³-hybridized carbons (Fsp3) is 0.409. The Bertz CT molecular complexity index is 824. The lowest BCUT2D eigenvalue weighted by Gasteiger charge is -2.27. The lowest BCUT2D eigenvalue weighted by Crippen LogP contribution is -2.36. The number of anilines is 1. The molecule has 2 N–H and O–H groups in total. The number of carbonyl (C=O) groups excluding carboxylic acids is 1. The third-order valence-corrected chi connectivity index (χ3v) is 5.38. The molecular formula is C22H30N2O3S. The van der Waals surface area contributed by atoms with E-state index in [0.717, 1.165) is 11.1 Å². The average molecular weight is 403 g/mol. The highest BCUT2D eigenvalue weighted by molar-refractivity contribution is 7.84. The summed E-state index contributed by atoms with van der Waals surface area (Å²) in [7, 11) is -1.30. The second kappa shape index (κ2) is 8.88. The van der Waals surface area contributed by atoms with E-state index in [9.17, 15) is 9.00 Å². The van der Waals surface area contributed by atoms with Crippen molar-refractivity contribution in [1.29, 1.82) is 0 Å². The molecule has 6 heteroatoms. The van der Waals surface area contributed by atoms with Gasteiger partial charge < -0.3 is 4.74 Å². The van der Waals surface area contributed by atoms with Gasteiger partial charge in [-0.25, -0.2) is 13.7 Å². The van der Waals surface area contributed by atoms with Gasteiger partial charge in [0.2, 0.25) is 0 Å². The first kappa shape index (κ1) is 22.1. The minimum atomic E-state index is -1.30. The molecule has 0 aromatic heterocycles. The smallest absolute Gasteiger partial charge is 0.412 e. The number of carbonyl (C=O) groups is 1. The van der Waals surface area contributed by atoms with Gasteiger partial charge in [-0.05, 0) is 58.7 Å². The summed E-state index contributed by atoms with van der Waals surface area (Å²) in [6.45, 7) is 11.2. The second-order valence-electron chi connectivity index (χ2n) is 8.56. The lowest BCUT2D eigenvalue weighted by molar-refractivity contribution is 0.0635. The van der Waals surface area contributed by atoms with Crippen LogP contribution in [0.3, 0.4) is 0 Å². The summed E-state index contributed by atoms with van der Waals surface area (Å²) in [6.07, 6.45) is -0.524. The molecule has 2 aromatic carbocycles. The van der Waals surface area contributed by atoms with Crippen LogP contribution in [-0.4, -0.2) is 20.7 Å². The zero-order valence-corrected chi connectivity index (χ0v) is 18.2. The van der Waals surface area contributed by atoms with Gasteiger partial charge in [0, 0.05) is 5.69 Å². The number of amides is 1.